The van der Waals surface area contributed by atoms with E-state index in [2.05, 4.69) is 32.1 Å². The fraction of sp³-hybridized carbons (Fsp3) is 0.348. The van der Waals surface area contributed by atoms with Crippen LogP contribution >= 0.6 is 0 Å². The maximum absolute atomic E-state index is 13.3. The van der Waals surface area contributed by atoms with E-state index in [1.165, 1.54) is 16.6 Å². The third-order valence-corrected chi connectivity index (χ3v) is 6.70. The summed E-state index contributed by atoms with van der Waals surface area (Å²) in [6.07, 6.45) is 10.7. The molecule has 1 saturated heterocycles. The third-order valence-electron chi connectivity index (χ3n) is 6.70. The van der Waals surface area contributed by atoms with Gasteiger partial charge in [0.05, 0.1) is 5.56 Å². The third kappa shape index (κ3) is 2.73. The number of aromatic amines is 1. The number of imidazole rings is 1. The highest BCUT2D eigenvalue weighted by molar-refractivity contribution is 5.81. The lowest BCUT2D eigenvalue weighted by molar-refractivity contribution is 0.115. The Hall–Kier alpha value is -3.19. The SMILES string of the molecule is Cn1ccnc1-c1ccc2n(c1=O)C[C@H]1C[C@@H]2CN(Cc2c[nH]c3ccncc23)C1. The van der Waals surface area contributed by atoms with Crippen molar-refractivity contribution in [1.82, 2.24) is 29.0 Å². The maximum Gasteiger partial charge on any atom is 0.261 e. The molecular weight excluding hydrogens is 376 g/mol. The van der Waals surface area contributed by atoms with Gasteiger partial charge in [-0.1, -0.05) is 0 Å². The van der Waals surface area contributed by atoms with Gasteiger partial charge in [-0.3, -0.25) is 14.7 Å². The Morgan fingerprint density at radius 3 is 2.97 bits per heavy atom. The topological polar surface area (TPSA) is 71.7 Å². The normalized spacial score (nSPS) is 21.1. The molecule has 0 radical (unpaired) electrons. The lowest BCUT2D eigenvalue weighted by Gasteiger charge is -2.43. The summed E-state index contributed by atoms with van der Waals surface area (Å²) < 4.78 is 3.92. The second kappa shape index (κ2) is 6.67. The van der Waals surface area contributed by atoms with Gasteiger partial charge in [-0.2, -0.15) is 0 Å². The van der Waals surface area contributed by atoms with Crippen molar-refractivity contribution in [3.8, 4) is 11.4 Å². The predicted molar refractivity (Wildman–Crippen MR) is 115 cm³/mol. The molecule has 1 N–H and O–H groups in total. The fourth-order valence-electron chi connectivity index (χ4n) is 5.36. The molecule has 1 fully saturated rings. The molecule has 0 unspecified atom stereocenters. The smallest absolute Gasteiger partial charge is 0.261 e. The van der Waals surface area contributed by atoms with Crippen LogP contribution in [0.3, 0.4) is 0 Å². The number of nitrogens with zero attached hydrogens (tertiary/aromatic N) is 5. The van der Waals surface area contributed by atoms with Gasteiger partial charge in [-0.05, 0) is 36.1 Å². The molecule has 2 aliphatic rings. The summed E-state index contributed by atoms with van der Waals surface area (Å²) in [5.74, 6) is 1.62. The molecule has 6 heterocycles. The van der Waals surface area contributed by atoms with E-state index in [0.717, 1.165) is 43.9 Å². The molecule has 0 saturated carbocycles. The van der Waals surface area contributed by atoms with E-state index in [9.17, 15) is 4.79 Å². The van der Waals surface area contributed by atoms with Gasteiger partial charge in [0.25, 0.3) is 5.56 Å². The van der Waals surface area contributed by atoms with Crippen LogP contribution in [0.15, 0.2) is 54.0 Å². The number of hydrogen-bond donors (Lipinski definition) is 1. The number of likely N-dealkylation sites (tertiary alicyclic amines) is 1. The number of piperidine rings is 1. The standard InChI is InChI=1S/C23H24N6O/c1-27-7-6-25-22(27)18-2-3-21-16-8-15(12-29(21)23(18)30)11-28(13-16)14-17-9-26-20-4-5-24-10-19(17)20/h2-7,9-10,15-16,26H,8,11-14H2,1H3/t15-,16+/m0/s1. The van der Waals surface area contributed by atoms with Crippen molar-refractivity contribution in [3.63, 3.8) is 0 Å². The minimum Gasteiger partial charge on any atom is -0.361 e. The Labute approximate surface area is 174 Å². The first-order valence-corrected chi connectivity index (χ1v) is 10.5. The zero-order valence-corrected chi connectivity index (χ0v) is 17.0. The number of rotatable bonds is 3. The van der Waals surface area contributed by atoms with Crippen LogP contribution in [0, 0.1) is 5.92 Å². The van der Waals surface area contributed by atoms with Crippen molar-refractivity contribution in [2.45, 2.75) is 25.4 Å². The van der Waals surface area contributed by atoms with Crippen LogP contribution in [0.5, 0.6) is 0 Å². The number of fused-ring (bicyclic) bond motifs is 5. The Bertz CT molecular complexity index is 1300. The van der Waals surface area contributed by atoms with Gasteiger partial charge in [0.1, 0.15) is 5.82 Å². The van der Waals surface area contributed by atoms with Crippen molar-refractivity contribution in [2.75, 3.05) is 13.1 Å². The van der Waals surface area contributed by atoms with E-state index in [0.29, 0.717) is 17.4 Å². The Balaban J connectivity index is 1.30. The minimum absolute atomic E-state index is 0.0904. The molecule has 152 valence electrons. The highest BCUT2D eigenvalue weighted by Crippen LogP contribution is 2.36. The monoisotopic (exact) mass is 400 g/mol. The summed E-state index contributed by atoms with van der Waals surface area (Å²) in [6, 6.07) is 6.12. The number of hydrogen-bond acceptors (Lipinski definition) is 4. The van der Waals surface area contributed by atoms with E-state index >= 15 is 0 Å². The lowest BCUT2D eigenvalue weighted by Crippen LogP contribution is -2.47. The molecule has 0 aromatic carbocycles. The van der Waals surface area contributed by atoms with E-state index < -0.39 is 0 Å². The van der Waals surface area contributed by atoms with E-state index in [1.54, 1.807) is 6.20 Å². The molecule has 2 atom stereocenters. The molecule has 2 aliphatic heterocycles. The predicted octanol–water partition coefficient (Wildman–Crippen LogP) is 2.74. The second-order valence-corrected chi connectivity index (χ2v) is 8.68. The van der Waals surface area contributed by atoms with Gasteiger partial charge >= 0.3 is 0 Å². The average Bonchev–Trinajstić information content (AvgIpc) is 3.35. The summed E-state index contributed by atoms with van der Waals surface area (Å²) in [4.78, 5) is 27.8. The van der Waals surface area contributed by atoms with Crippen molar-refractivity contribution in [3.05, 3.63) is 70.8 Å². The summed E-state index contributed by atoms with van der Waals surface area (Å²) in [7, 11) is 1.93. The lowest BCUT2D eigenvalue weighted by atomic mass is 9.82. The zero-order valence-electron chi connectivity index (χ0n) is 17.0. The molecule has 4 aromatic rings. The van der Waals surface area contributed by atoms with Crippen LogP contribution in [0.4, 0.5) is 0 Å². The summed E-state index contributed by atoms with van der Waals surface area (Å²) >= 11 is 0. The maximum atomic E-state index is 13.3. The Kier molecular flexibility index (Phi) is 3.92. The molecule has 0 spiro atoms. The quantitative estimate of drug-likeness (QED) is 0.574. The summed E-state index contributed by atoms with van der Waals surface area (Å²) in [6.45, 7) is 3.69. The van der Waals surface area contributed by atoms with Crippen LogP contribution < -0.4 is 5.56 Å². The van der Waals surface area contributed by atoms with Gasteiger partial charge in [0.2, 0.25) is 0 Å². The van der Waals surface area contributed by atoms with Gasteiger partial charge in [0, 0.05) is 86.7 Å². The molecule has 4 aromatic heterocycles. The van der Waals surface area contributed by atoms with Crippen molar-refractivity contribution >= 4 is 10.9 Å². The number of pyridine rings is 2. The number of H-pyrrole nitrogens is 1. The summed E-state index contributed by atoms with van der Waals surface area (Å²) in [5.41, 5.74) is 4.37. The molecule has 7 heteroatoms. The molecule has 7 nitrogen and oxygen atoms in total. The second-order valence-electron chi connectivity index (χ2n) is 8.68. The van der Waals surface area contributed by atoms with Crippen molar-refractivity contribution in [2.24, 2.45) is 13.0 Å². The first kappa shape index (κ1) is 17.7. The van der Waals surface area contributed by atoms with Crippen LogP contribution in [-0.4, -0.2) is 42.1 Å². The van der Waals surface area contributed by atoms with Crippen LogP contribution in [0.1, 0.15) is 23.6 Å². The Morgan fingerprint density at radius 2 is 2.10 bits per heavy atom. The fourth-order valence-corrected chi connectivity index (χ4v) is 5.36. The largest absolute Gasteiger partial charge is 0.361 e. The molecular formula is C23H24N6O. The molecule has 30 heavy (non-hydrogen) atoms. The summed E-state index contributed by atoms with van der Waals surface area (Å²) in [5, 5.41) is 1.20. The molecule has 6 rings (SSSR count). The zero-order chi connectivity index (χ0) is 20.2. The van der Waals surface area contributed by atoms with Gasteiger partial charge in [0.15, 0.2) is 0 Å². The average molecular weight is 400 g/mol. The van der Waals surface area contributed by atoms with E-state index in [4.69, 9.17) is 0 Å². The van der Waals surface area contributed by atoms with Crippen LogP contribution in [0.25, 0.3) is 22.3 Å². The van der Waals surface area contributed by atoms with Gasteiger partial charge in [-0.25, -0.2) is 4.98 Å². The van der Waals surface area contributed by atoms with Crippen molar-refractivity contribution < 1.29 is 0 Å². The highest BCUT2D eigenvalue weighted by atomic mass is 16.1. The molecule has 2 bridgehead atoms. The Morgan fingerprint density at radius 1 is 1.17 bits per heavy atom. The highest BCUT2D eigenvalue weighted by Gasteiger charge is 2.35. The number of aromatic nitrogens is 5. The van der Waals surface area contributed by atoms with Gasteiger partial charge < -0.3 is 14.1 Å². The van der Waals surface area contributed by atoms with Crippen LogP contribution in [0.2, 0.25) is 0 Å². The molecule has 0 amide bonds. The first-order valence-electron chi connectivity index (χ1n) is 10.5. The first-order chi connectivity index (χ1) is 14.7. The van der Waals surface area contributed by atoms with Gasteiger partial charge in [-0.15, -0.1) is 0 Å². The van der Waals surface area contributed by atoms with Crippen LogP contribution in [-0.2, 0) is 20.1 Å². The molecule has 0 aliphatic carbocycles. The van der Waals surface area contributed by atoms with Crippen molar-refractivity contribution in [1.29, 1.82) is 0 Å². The van der Waals surface area contributed by atoms with E-state index in [-0.39, 0.29) is 5.56 Å². The minimum atomic E-state index is 0.0904. The van der Waals surface area contributed by atoms with E-state index in [1.807, 2.05) is 46.9 Å². The number of nitrogens with one attached hydrogen (secondary N) is 1. The number of aryl methyl sites for hydroxylation is 1.